The van der Waals surface area contributed by atoms with Crippen LogP contribution in [0.2, 0.25) is 0 Å². The van der Waals surface area contributed by atoms with E-state index in [0.717, 1.165) is 15.4 Å². The molecule has 1 amide bonds. The number of fused-ring (bicyclic) bond motifs is 1. The predicted octanol–water partition coefficient (Wildman–Crippen LogP) is -0.920. The fraction of sp³-hybridized carbons (Fsp3) is 0. The van der Waals surface area contributed by atoms with E-state index < -0.39 is 11.6 Å². The number of rotatable bonds is 2. The normalized spacial score (nSPS) is 10.8. The second kappa shape index (κ2) is 4.16. The lowest BCUT2D eigenvalue weighted by atomic mass is 10.3. The summed E-state index contributed by atoms with van der Waals surface area (Å²) in [5, 5.41) is 16.7. The van der Waals surface area contributed by atoms with Crippen molar-refractivity contribution in [2.75, 3.05) is 0 Å². The topological polar surface area (TPSA) is 128 Å². The van der Waals surface area contributed by atoms with Gasteiger partial charge in [-0.1, -0.05) is 5.21 Å². The van der Waals surface area contributed by atoms with E-state index in [2.05, 4.69) is 15.3 Å². The lowest BCUT2D eigenvalue weighted by molar-refractivity contribution is 0.0997. The van der Waals surface area contributed by atoms with E-state index in [9.17, 15) is 14.7 Å². The number of carbonyl (C=O) groups is 1. The Balaban J connectivity index is 2.24. The molecule has 0 aliphatic carbocycles. The van der Waals surface area contributed by atoms with Crippen LogP contribution in [0.25, 0.3) is 11.3 Å². The van der Waals surface area contributed by atoms with Crippen molar-refractivity contribution >= 4 is 11.6 Å². The van der Waals surface area contributed by atoms with E-state index in [1.54, 1.807) is 0 Å². The molecule has 3 N–H and O–H groups in total. The molecule has 2 aromatic heterocycles. The number of phenolic OH excluding ortho intramolecular Hbond substituents is 1. The number of nitrogens with zero attached hydrogens (tertiary/aromatic N) is 5. The molecule has 0 bridgehead atoms. The lowest BCUT2D eigenvalue weighted by Gasteiger charge is -2.03. The van der Waals surface area contributed by atoms with Crippen molar-refractivity contribution in [2.24, 2.45) is 5.73 Å². The summed E-state index contributed by atoms with van der Waals surface area (Å²) in [4.78, 5) is 27.1. The Morgan fingerprint density at radius 2 is 1.95 bits per heavy atom. The molecule has 3 aromatic rings. The minimum atomic E-state index is -0.788. The fourth-order valence-electron chi connectivity index (χ4n) is 1.73. The first-order valence-corrected chi connectivity index (χ1v) is 5.50. The van der Waals surface area contributed by atoms with Crippen molar-refractivity contribution in [2.45, 2.75) is 0 Å². The summed E-state index contributed by atoms with van der Waals surface area (Å²) in [6.07, 6.45) is 1.16. The Labute approximate surface area is 110 Å². The Hall–Kier alpha value is -3.23. The van der Waals surface area contributed by atoms with E-state index in [0.29, 0.717) is 5.69 Å². The van der Waals surface area contributed by atoms with Gasteiger partial charge < -0.3 is 10.8 Å². The molecule has 0 fully saturated rings. The van der Waals surface area contributed by atoms with Gasteiger partial charge in [-0.3, -0.25) is 4.79 Å². The van der Waals surface area contributed by atoms with Crippen molar-refractivity contribution < 1.29 is 9.90 Å². The van der Waals surface area contributed by atoms with Crippen molar-refractivity contribution in [3.63, 3.8) is 0 Å². The van der Waals surface area contributed by atoms with Crippen LogP contribution in [0.5, 0.6) is 5.75 Å². The van der Waals surface area contributed by atoms with Crippen molar-refractivity contribution in [3.8, 4) is 11.4 Å². The predicted molar refractivity (Wildman–Crippen MR) is 66.6 cm³/mol. The van der Waals surface area contributed by atoms with Gasteiger partial charge in [-0.2, -0.15) is 4.68 Å². The molecular formula is C11H8N6O3. The Bertz CT molecular complexity index is 864. The first-order valence-electron chi connectivity index (χ1n) is 5.50. The second-order valence-electron chi connectivity index (χ2n) is 3.95. The van der Waals surface area contributed by atoms with E-state index in [4.69, 9.17) is 5.73 Å². The molecule has 100 valence electrons. The van der Waals surface area contributed by atoms with Crippen LogP contribution in [0.4, 0.5) is 0 Å². The number of nitrogens with two attached hydrogens (primary N) is 1. The Morgan fingerprint density at radius 1 is 1.25 bits per heavy atom. The van der Waals surface area contributed by atoms with Crippen LogP contribution in [0.15, 0.2) is 35.4 Å². The standard InChI is InChI=1S/C11H8N6O3/c12-9(19)8-10-14-15-17(11(20)16(10)5-13-8)6-1-3-7(18)4-2-6/h1-5,18H,(H2,12,19). The van der Waals surface area contributed by atoms with E-state index >= 15 is 0 Å². The molecule has 0 radical (unpaired) electrons. The summed E-state index contributed by atoms with van der Waals surface area (Å²) in [7, 11) is 0. The van der Waals surface area contributed by atoms with Crippen LogP contribution >= 0.6 is 0 Å². The average molecular weight is 272 g/mol. The number of aromatic nitrogens is 5. The van der Waals surface area contributed by atoms with Gasteiger partial charge in [-0.15, -0.1) is 5.10 Å². The third-order valence-corrected chi connectivity index (χ3v) is 2.69. The number of amides is 1. The van der Waals surface area contributed by atoms with Gasteiger partial charge in [0.1, 0.15) is 12.1 Å². The van der Waals surface area contributed by atoms with Gasteiger partial charge in [-0.05, 0) is 24.3 Å². The molecule has 0 saturated carbocycles. The number of carbonyl (C=O) groups excluding carboxylic acids is 1. The van der Waals surface area contributed by atoms with Crippen LogP contribution in [-0.2, 0) is 0 Å². The summed E-state index contributed by atoms with van der Waals surface area (Å²) < 4.78 is 2.08. The molecular weight excluding hydrogens is 264 g/mol. The zero-order chi connectivity index (χ0) is 14.3. The highest BCUT2D eigenvalue weighted by Gasteiger charge is 2.15. The maximum Gasteiger partial charge on any atom is 0.357 e. The third-order valence-electron chi connectivity index (χ3n) is 2.69. The molecule has 20 heavy (non-hydrogen) atoms. The minimum absolute atomic E-state index is 0.00229. The molecule has 9 nitrogen and oxygen atoms in total. The molecule has 0 spiro atoms. The zero-order valence-corrected chi connectivity index (χ0v) is 9.96. The molecule has 0 atom stereocenters. The van der Waals surface area contributed by atoms with E-state index in [1.165, 1.54) is 24.3 Å². The molecule has 0 unspecified atom stereocenters. The minimum Gasteiger partial charge on any atom is -0.508 e. The van der Waals surface area contributed by atoms with Crippen LogP contribution in [0.1, 0.15) is 10.5 Å². The number of primary amides is 1. The first kappa shape index (κ1) is 11.8. The van der Waals surface area contributed by atoms with Gasteiger partial charge in [0, 0.05) is 0 Å². The second-order valence-corrected chi connectivity index (χ2v) is 3.95. The number of aromatic hydroxyl groups is 1. The first-order chi connectivity index (χ1) is 9.58. The summed E-state index contributed by atoms with van der Waals surface area (Å²) >= 11 is 0. The molecule has 3 rings (SSSR count). The third kappa shape index (κ3) is 1.68. The van der Waals surface area contributed by atoms with Crippen molar-refractivity contribution in [3.05, 3.63) is 46.8 Å². The summed E-state index contributed by atoms with van der Waals surface area (Å²) in [6.45, 7) is 0. The smallest absolute Gasteiger partial charge is 0.357 e. The maximum atomic E-state index is 12.2. The Morgan fingerprint density at radius 3 is 2.60 bits per heavy atom. The van der Waals surface area contributed by atoms with Crippen LogP contribution in [0.3, 0.4) is 0 Å². The largest absolute Gasteiger partial charge is 0.508 e. The van der Waals surface area contributed by atoms with Gasteiger partial charge in [-0.25, -0.2) is 14.2 Å². The highest BCUT2D eigenvalue weighted by molar-refractivity contribution is 5.96. The maximum absolute atomic E-state index is 12.2. The molecule has 1 aromatic carbocycles. The molecule has 0 aliphatic heterocycles. The molecule has 9 heteroatoms. The van der Waals surface area contributed by atoms with Crippen LogP contribution in [-0.4, -0.2) is 35.4 Å². The molecule has 2 heterocycles. The SMILES string of the molecule is NC(=O)c1ncn2c(=O)n(-c3ccc(O)cc3)nnc12. The van der Waals surface area contributed by atoms with E-state index in [1.807, 2.05) is 0 Å². The highest BCUT2D eigenvalue weighted by atomic mass is 16.3. The zero-order valence-electron chi connectivity index (χ0n) is 9.96. The van der Waals surface area contributed by atoms with Crippen LogP contribution in [0, 0.1) is 0 Å². The van der Waals surface area contributed by atoms with Gasteiger partial charge in [0.05, 0.1) is 5.69 Å². The van der Waals surface area contributed by atoms with E-state index in [-0.39, 0.29) is 17.1 Å². The van der Waals surface area contributed by atoms with Crippen molar-refractivity contribution in [1.82, 2.24) is 24.4 Å². The summed E-state index contributed by atoms with van der Waals surface area (Å²) in [6, 6.07) is 5.83. The highest BCUT2D eigenvalue weighted by Crippen LogP contribution is 2.11. The Kier molecular flexibility index (Phi) is 2.46. The monoisotopic (exact) mass is 272 g/mol. The van der Waals surface area contributed by atoms with Gasteiger partial charge in [0.15, 0.2) is 11.3 Å². The number of phenols is 1. The molecule has 0 aliphatic rings. The number of hydrogen-bond acceptors (Lipinski definition) is 6. The quantitative estimate of drug-likeness (QED) is 0.620. The summed E-state index contributed by atoms with van der Waals surface area (Å²) in [5.41, 5.74) is 4.86. The van der Waals surface area contributed by atoms with Crippen LogP contribution < -0.4 is 11.4 Å². The lowest BCUT2D eigenvalue weighted by Crippen LogP contribution is -2.28. The van der Waals surface area contributed by atoms with Gasteiger partial charge in [0.2, 0.25) is 0 Å². The summed E-state index contributed by atoms with van der Waals surface area (Å²) in [5.74, 6) is -0.724. The number of imidazole rings is 1. The average Bonchev–Trinajstić information content (AvgIpc) is 2.85. The number of benzene rings is 1. The molecule has 0 saturated heterocycles. The van der Waals surface area contributed by atoms with Crippen molar-refractivity contribution in [1.29, 1.82) is 0 Å². The number of hydrogen-bond donors (Lipinski definition) is 2. The fourth-order valence-corrected chi connectivity index (χ4v) is 1.73. The van der Waals surface area contributed by atoms with Gasteiger partial charge in [0.25, 0.3) is 5.91 Å². The van der Waals surface area contributed by atoms with Gasteiger partial charge >= 0.3 is 5.69 Å².